The molecule has 1 N–H and O–H groups in total. The molecule has 140 valence electrons. The van der Waals surface area contributed by atoms with Crippen LogP contribution in [0.15, 0.2) is 30.3 Å². The Morgan fingerprint density at radius 1 is 1.38 bits per heavy atom. The van der Waals surface area contributed by atoms with E-state index in [1.54, 1.807) is 4.90 Å². The maximum absolute atomic E-state index is 12.4. The standard InChI is InChI=1S/C18H22N2O4S2/c1-18(17(23)24-11-25-2)9-20-15(22)14(16(20)26-10-18)19-13(21)8-12-6-4-3-5-7-12/h3-7,14,16H,8-11H2,1-2H3,(H,19,21)/t14?,16-,18?/m1/s1. The van der Waals surface area contributed by atoms with E-state index in [4.69, 9.17) is 4.74 Å². The SMILES string of the molecule is CSCOC(=O)C1(C)CS[C@@H]2C(NC(=O)Cc3ccccc3)C(=O)N2C1. The van der Waals surface area contributed by atoms with Crippen molar-refractivity contribution < 1.29 is 19.1 Å². The molecule has 0 aliphatic carbocycles. The molecule has 8 heteroatoms. The Hall–Kier alpha value is -1.67. The van der Waals surface area contributed by atoms with Gasteiger partial charge in [0, 0.05) is 12.3 Å². The molecule has 2 unspecified atom stereocenters. The van der Waals surface area contributed by atoms with Gasteiger partial charge in [0.25, 0.3) is 0 Å². The fourth-order valence-corrected chi connectivity index (χ4v) is 4.83. The van der Waals surface area contributed by atoms with Crippen LogP contribution >= 0.6 is 23.5 Å². The number of hydrogen-bond acceptors (Lipinski definition) is 6. The summed E-state index contributed by atoms with van der Waals surface area (Å²) >= 11 is 2.96. The molecule has 2 fully saturated rings. The number of ether oxygens (including phenoxy) is 1. The van der Waals surface area contributed by atoms with E-state index in [0.29, 0.717) is 18.2 Å². The number of rotatable bonds is 6. The van der Waals surface area contributed by atoms with Gasteiger partial charge in [-0.2, -0.15) is 0 Å². The third kappa shape index (κ3) is 3.86. The summed E-state index contributed by atoms with van der Waals surface area (Å²) in [6, 6.07) is 8.92. The van der Waals surface area contributed by atoms with Crippen molar-refractivity contribution in [3.8, 4) is 0 Å². The third-order valence-electron chi connectivity index (χ3n) is 4.56. The molecule has 0 aromatic heterocycles. The van der Waals surface area contributed by atoms with Gasteiger partial charge in [0.1, 0.15) is 17.4 Å². The quantitative estimate of drug-likeness (QED) is 0.448. The number of hydrogen-bond donors (Lipinski definition) is 1. The number of β-lactam (4-membered cyclic amide) rings is 1. The van der Waals surface area contributed by atoms with E-state index in [9.17, 15) is 14.4 Å². The lowest BCUT2D eigenvalue weighted by molar-refractivity contribution is -0.160. The predicted octanol–water partition coefficient (Wildman–Crippen LogP) is 1.50. The first-order chi connectivity index (χ1) is 12.4. The van der Waals surface area contributed by atoms with Crippen molar-refractivity contribution in [2.45, 2.75) is 24.8 Å². The monoisotopic (exact) mass is 394 g/mol. The van der Waals surface area contributed by atoms with Gasteiger partial charge in [-0.1, -0.05) is 30.3 Å². The van der Waals surface area contributed by atoms with Gasteiger partial charge < -0.3 is 15.0 Å². The Morgan fingerprint density at radius 2 is 2.12 bits per heavy atom. The highest BCUT2D eigenvalue weighted by atomic mass is 32.2. The molecular formula is C18H22N2O4S2. The second kappa shape index (κ2) is 7.92. The van der Waals surface area contributed by atoms with Gasteiger partial charge in [0.05, 0.1) is 11.8 Å². The molecule has 0 bridgehead atoms. The normalized spacial score (nSPS) is 27.3. The molecule has 0 radical (unpaired) electrons. The number of nitrogens with one attached hydrogen (secondary N) is 1. The molecule has 2 heterocycles. The minimum atomic E-state index is -0.703. The van der Waals surface area contributed by atoms with Crippen LogP contribution in [0.5, 0.6) is 0 Å². The first-order valence-electron chi connectivity index (χ1n) is 8.36. The van der Waals surface area contributed by atoms with E-state index in [1.165, 1.54) is 23.5 Å². The van der Waals surface area contributed by atoms with Crippen LogP contribution in [0.4, 0.5) is 0 Å². The van der Waals surface area contributed by atoms with Crippen LogP contribution in [0, 0.1) is 5.41 Å². The molecule has 2 amide bonds. The van der Waals surface area contributed by atoms with E-state index in [-0.39, 0.29) is 29.6 Å². The molecule has 1 aromatic carbocycles. The number of carbonyl (C=O) groups is 3. The van der Waals surface area contributed by atoms with E-state index in [2.05, 4.69) is 5.32 Å². The second-order valence-electron chi connectivity index (χ2n) is 6.77. The van der Waals surface area contributed by atoms with Crippen molar-refractivity contribution >= 4 is 41.3 Å². The van der Waals surface area contributed by atoms with Crippen LogP contribution in [-0.2, 0) is 25.5 Å². The van der Waals surface area contributed by atoms with Crippen molar-refractivity contribution in [3.05, 3.63) is 35.9 Å². The van der Waals surface area contributed by atoms with Gasteiger partial charge in [-0.3, -0.25) is 14.4 Å². The first kappa shape index (κ1) is 19.1. The highest BCUT2D eigenvalue weighted by Crippen LogP contribution is 2.42. The summed E-state index contributed by atoms with van der Waals surface area (Å²) in [4.78, 5) is 38.6. The molecule has 0 spiro atoms. The van der Waals surface area contributed by atoms with Crippen molar-refractivity contribution in [2.24, 2.45) is 5.41 Å². The number of benzene rings is 1. The van der Waals surface area contributed by atoms with Gasteiger partial charge in [-0.05, 0) is 18.7 Å². The van der Waals surface area contributed by atoms with Gasteiger partial charge in [0.2, 0.25) is 11.8 Å². The highest BCUT2D eigenvalue weighted by molar-refractivity contribution is 8.00. The number of nitrogens with zero attached hydrogens (tertiary/aromatic N) is 1. The van der Waals surface area contributed by atoms with Gasteiger partial charge in [-0.25, -0.2) is 0 Å². The minimum absolute atomic E-state index is 0.108. The van der Waals surface area contributed by atoms with Crippen LogP contribution in [-0.4, -0.2) is 58.6 Å². The van der Waals surface area contributed by atoms with Crippen LogP contribution in [0.2, 0.25) is 0 Å². The summed E-state index contributed by atoms with van der Waals surface area (Å²) in [5, 5.41) is 2.73. The Morgan fingerprint density at radius 3 is 2.81 bits per heavy atom. The predicted molar refractivity (Wildman–Crippen MR) is 103 cm³/mol. The zero-order valence-electron chi connectivity index (χ0n) is 14.8. The van der Waals surface area contributed by atoms with E-state index < -0.39 is 11.5 Å². The third-order valence-corrected chi connectivity index (χ3v) is 6.58. The number of amides is 2. The van der Waals surface area contributed by atoms with Crippen molar-refractivity contribution in [1.82, 2.24) is 10.2 Å². The smallest absolute Gasteiger partial charge is 0.315 e. The highest BCUT2D eigenvalue weighted by Gasteiger charge is 2.56. The summed E-state index contributed by atoms with van der Waals surface area (Å²) in [6.45, 7) is 2.16. The summed E-state index contributed by atoms with van der Waals surface area (Å²) in [5.41, 5.74) is 0.208. The molecule has 6 nitrogen and oxygen atoms in total. The largest absolute Gasteiger partial charge is 0.454 e. The molecule has 0 saturated carbocycles. The fraction of sp³-hybridized carbons (Fsp3) is 0.500. The lowest BCUT2D eigenvalue weighted by atomic mass is 9.89. The van der Waals surface area contributed by atoms with E-state index in [1.807, 2.05) is 43.5 Å². The summed E-state index contributed by atoms with van der Waals surface area (Å²) < 4.78 is 5.24. The molecule has 2 aliphatic heterocycles. The van der Waals surface area contributed by atoms with E-state index in [0.717, 1.165) is 5.56 Å². The first-order valence-corrected chi connectivity index (χ1v) is 10.8. The summed E-state index contributed by atoms with van der Waals surface area (Å²) in [7, 11) is 0. The molecule has 3 atom stereocenters. The fourth-order valence-electron chi connectivity index (χ4n) is 3.12. The van der Waals surface area contributed by atoms with Gasteiger partial charge >= 0.3 is 5.97 Å². The van der Waals surface area contributed by atoms with Gasteiger partial charge in [-0.15, -0.1) is 23.5 Å². The lowest BCUT2D eigenvalue weighted by Gasteiger charge is -2.53. The minimum Gasteiger partial charge on any atom is -0.454 e. The number of carbonyl (C=O) groups excluding carboxylic acids is 3. The van der Waals surface area contributed by atoms with Crippen LogP contribution in [0.25, 0.3) is 0 Å². The Labute approximate surface area is 161 Å². The topological polar surface area (TPSA) is 75.7 Å². The molecule has 2 aliphatic rings. The molecule has 26 heavy (non-hydrogen) atoms. The average Bonchev–Trinajstić information content (AvgIpc) is 2.65. The number of fused-ring (bicyclic) bond motifs is 1. The Bertz CT molecular complexity index is 700. The van der Waals surface area contributed by atoms with Crippen LogP contribution in [0.3, 0.4) is 0 Å². The zero-order chi connectivity index (χ0) is 18.7. The van der Waals surface area contributed by atoms with Crippen molar-refractivity contribution in [1.29, 1.82) is 0 Å². The molecular weight excluding hydrogens is 372 g/mol. The zero-order valence-corrected chi connectivity index (χ0v) is 16.4. The molecule has 3 rings (SSSR count). The van der Waals surface area contributed by atoms with Crippen molar-refractivity contribution in [2.75, 3.05) is 24.5 Å². The van der Waals surface area contributed by atoms with Crippen LogP contribution in [0.1, 0.15) is 12.5 Å². The van der Waals surface area contributed by atoms with Gasteiger partial charge in [0.15, 0.2) is 0 Å². The second-order valence-corrected chi connectivity index (χ2v) is 8.69. The Kier molecular flexibility index (Phi) is 5.82. The number of esters is 1. The van der Waals surface area contributed by atoms with Crippen molar-refractivity contribution in [3.63, 3.8) is 0 Å². The summed E-state index contributed by atoms with van der Waals surface area (Å²) in [5.74, 6) is 0.311. The maximum atomic E-state index is 12.4. The lowest BCUT2D eigenvalue weighted by Crippen LogP contribution is -2.73. The average molecular weight is 395 g/mol. The van der Waals surface area contributed by atoms with Crippen LogP contribution < -0.4 is 5.32 Å². The summed E-state index contributed by atoms with van der Waals surface area (Å²) in [6.07, 6.45) is 2.11. The van der Waals surface area contributed by atoms with E-state index >= 15 is 0 Å². The maximum Gasteiger partial charge on any atom is 0.315 e. The Balaban J connectivity index is 1.55. The molecule has 2 saturated heterocycles. The number of thioether (sulfide) groups is 2. The molecule has 1 aromatic rings.